The maximum Gasteiger partial charge on any atom is 0.0946 e. The van der Waals surface area contributed by atoms with Crippen LogP contribution in [0.15, 0.2) is 12.5 Å². The minimum atomic E-state index is 0.496. The largest absolute Gasteiger partial charge is 0.336 e. The van der Waals surface area contributed by atoms with Crippen molar-refractivity contribution in [2.75, 3.05) is 6.54 Å². The zero-order valence-electron chi connectivity index (χ0n) is 11.9. The minimum absolute atomic E-state index is 0.496. The number of aromatic nitrogens is 2. The molecule has 1 saturated carbocycles. The highest BCUT2D eigenvalue weighted by atomic mass is 15.1. The van der Waals surface area contributed by atoms with Crippen molar-refractivity contribution in [3.63, 3.8) is 0 Å². The number of nitrogens with one attached hydrogen (secondary N) is 1. The van der Waals surface area contributed by atoms with Crippen LogP contribution in [-0.4, -0.2) is 16.1 Å². The van der Waals surface area contributed by atoms with Crippen molar-refractivity contribution < 1.29 is 0 Å². The Morgan fingerprint density at radius 3 is 2.61 bits per heavy atom. The molecule has 1 atom stereocenters. The molecule has 1 aromatic rings. The summed E-state index contributed by atoms with van der Waals surface area (Å²) in [6.07, 6.45) is 13.5. The van der Waals surface area contributed by atoms with Gasteiger partial charge >= 0.3 is 0 Å². The van der Waals surface area contributed by atoms with Crippen LogP contribution in [0, 0.1) is 5.92 Å². The Morgan fingerprint density at radius 2 is 2.06 bits per heavy atom. The fourth-order valence-corrected chi connectivity index (χ4v) is 3.12. The summed E-state index contributed by atoms with van der Waals surface area (Å²) in [6, 6.07) is 0.496. The van der Waals surface area contributed by atoms with E-state index in [0.717, 1.165) is 12.5 Å². The number of nitrogens with zero attached hydrogens (tertiary/aromatic N) is 2. The molecule has 3 nitrogen and oxygen atoms in total. The topological polar surface area (TPSA) is 29.9 Å². The maximum atomic E-state index is 4.29. The van der Waals surface area contributed by atoms with Crippen LogP contribution >= 0.6 is 0 Å². The molecule has 1 aliphatic rings. The van der Waals surface area contributed by atoms with Crippen LogP contribution in [0.5, 0.6) is 0 Å². The Kier molecular flexibility index (Phi) is 5.24. The molecule has 1 fully saturated rings. The molecular formula is C15H27N3. The van der Waals surface area contributed by atoms with Gasteiger partial charge in [0.1, 0.15) is 0 Å². The van der Waals surface area contributed by atoms with Gasteiger partial charge in [0.2, 0.25) is 0 Å². The molecule has 102 valence electrons. The highest BCUT2D eigenvalue weighted by molar-refractivity contribution is 5.07. The number of imidazole rings is 1. The van der Waals surface area contributed by atoms with Crippen LogP contribution in [0.25, 0.3) is 0 Å². The van der Waals surface area contributed by atoms with Crippen LogP contribution in [0.1, 0.15) is 63.6 Å². The summed E-state index contributed by atoms with van der Waals surface area (Å²) in [4.78, 5) is 4.29. The van der Waals surface area contributed by atoms with E-state index in [1.54, 1.807) is 0 Å². The molecule has 0 saturated heterocycles. The Balaban J connectivity index is 2.10. The lowest BCUT2D eigenvalue weighted by Gasteiger charge is -2.27. The average Bonchev–Trinajstić information content (AvgIpc) is 2.65. The molecule has 3 heteroatoms. The molecule has 0 spiro atoms. The standard InChI is InChI=1S/C15H27N3/c1-3-10-17-15(14-11-16-12-18(14)2)13-8-6-4-5-7-9-13/h11-13,15,17H,3-10H2,1-2H3. The molecule has 0 aromatic carbocycles. The van der Waals surface area contributed by atoms with Crippen molar-refractivity contribution in [3.05, 3.63) is 18.2 Å². The molecule has 1 aromatic heterocycles. The fourth-order valence-electron chi connectivity index (χ4n) is 3.12. The molecule has 1 unspecified atom stereocenters. The highest BCUT2D eigenvalue weighted by Crippen LogP contribution is 2.33. The summed E-state index contributed by atoms with van der Waals surface area (Å²) in [5.74, 6) is 0.787. The van der Waals surface area contributed by atoms with Gasteiger partial charge in [-0.3, -0.25) is 0 Å². The lowest BCUT2D eigenvalue weighted by molar-refractivity contribution is 0.315. The molecule has 18 heavy (non-hydrogen) atoms. The van der Waals surface area contributed by atoms with Crippen molar-refractivity contribution in [3.8, 4) is 0 Å². The van der Waals surface area contributed by atoms with Crippen LogP contribution in [0.3, 0.4) is 0 Å². The summed E-state index contributed by atoms with van der Waals surface area (Å²) in [5.41, 5.74) is 1.36. The number of hydrogen-bond acceptors (Lipinski definition) is 2. The first-order valence-electron chi connectivity index (χ1n) is 7.52. The molecule has 2 rings (SSSR count). The smallest absolute Gasteiger partial charge is 0.0946 e. The normalized spacial score (nSPS) is 19.7. The summed E-state index contributed by atoms with van der Waals surface area (Å²) in [6.45, 7) is 3.34. The molecule has 0 bridgehead atoms. The lowest BCUT2D eigenvalue weighted by Crippen LogP contribution is -2.30. The lowest BCUT2D eigenvalue weighted by atomic mass is 9.89. The zero-order valence-corrected chi connectivity index (χ0v) is 11.9. The van der Waals surface area contributed by atoms with Gasteiger partial charge in [0.15, 0.2) is 0 Å². The van der Waals surface area contributed by atoms with Crippen molar-refractivity contribution in [2.24, 2.45) is 13.0 Å². The van der Waals surface area contributed by atoms with Crippen LogP contribution in [-0.2, 0) is 7.05 Å². The SMILES string of the molecule is CCCNC(c1cncn1C)C1CCCCCC1. The Morgan fingerprint density at radius 1 is 1.33 bits per heavy atom. The van der Waals surface area contributed by atoms with Gasteiger partial charge in [0.25, 0.3) is 0 Å². The fraction of sp³-hybridized carbons (Fsp3) is 0.800. The predicted octanol–water partition coefficient (Wildman–Crippen LogP) is 3.43. The van der Waals surface area contributed by atoms with Gasteiger partial charge in [-0.05, 0) is 31.7 Å². The Labute approximate surface area is 111 Å². The van der Waals surface area contributed by atoms with Crippen molar-refractivity contribution in [1.82, 2.24) is 14.9 Å². The van der Waals surface area contributed by atoms with E-state index in [1.165, 1.54) is 50.6 Å². The highest BCUT2D eigenvalue weighted by Gasteiger charge is 2.25. The van der Waals surface area contributed by atoms with E-state index in [1.807, 2.05) is 12.5 Å². The third kappa shape index (κ3) is 3.35. The van der Waals surface area contributed by atoms with Gasteiger partial charge in [0, 0.05) is 13.2 Å². The predicted molar refractivity (Wildman–Crippen MR) is 75.4 cm³/mol. The number of hydrogen-bond donors (Lipinski definition) is 1. The molecule has 0 radical (unpaired) electrons. The van der Waals surface area contributed by atoms with Crippen LogP contribution < -0.4 is 5.32 Å². The third-order valence-electron chi connectivity index (χ3n) is 4.16. The maximum absolute atomic E-state index is 4.29. The molecule has 0 amide bonds. The number of aryl methyl sites for hydroxylation is 1. The first-order valence-corrected chi connectivity index (χ1v) is 7.52. The van der Waals surface area contributed by atoms with E-state index in [-0.39, 0.29) is 0 Å². The Hall–Kier alpha value is -0.830. The molecule has 0 aliphatic heterocycles. The van der Waals surface area contributed by atoms with E-state index in [9.17, 15) is 0 Å². The molecule has 1 aliphatic carbocycles. The third-order valence-corrected chi connectivity index (χ3v) is 4.16. The van der Waals surface area contributed by atoms with Gasteiger partial charge in [-0.25, -0.2) is 4.98 Å². The summed E-state index contributed by atoms with van der Waals surface area (Å²) in [5, 5.41) is 3.75. The summed E-state index contributed by atoms with van der Waals surface area (Å²) in [7, 11) is 2.11. The van der Waals surface area contributed by atoms with Gasteiger partial charge in [-0.2, -0.15) is 0 Å². The van der Waals surface area contributed by atoms with Gasteiger partial charge in [0.05, 0.1) is 18.1 Å². The minimum Gasteiger partial charge on any atom is -0.336 e. The van der Waals surface area contributed by atoms with Gasteiger partial charge in [-0.15, -0.1) is 0 Å². The van der Waals surface area contributed by atoms with Crippen LogP contribution in [0.2, 0.25) is 0 Å². The van der Waals surface area contributed by atoms with E-state index in [0.29, 0.717) is 6.04 Å². The zero-order chi connectivity index (χ0) is 12.8. The van der Waals surface area contributed by atoms with E-state index >= 15 is 0 Å². The van der Waals surface area contributed by atoms with Gasteiger partial charge in [-0.1, -0.05) is 32.6 Å². The molecular weight excluding hydrogens is 222 g/mol. The van der Waals surface area contributed by atoms with Gasteiger partial charge < -0.3 is 9.88 Å². The summed E-state index contributed by atoms with van der Waals surface area (Å²) < 4.78 is 2.18. The number of rotatable bonds is 5. The molecule has 1 heterocycles. The van der Waals surface area contributed by atoms with Crippen LogP contribution in [0.4, 0.5) is 0 Å². The van der Waals surface area contributed by atoms with E-state index in [4.69, 9.17) is 0 Å². The molecule has 1 N–H and O–H groups in total. The second-order valence-corrected chi connectivity index (χ2v) is 5.61. The first-order chi connectivity index (χ1) is 8.83. The van der Waals surface area contributed by atoms with E-state index < -0.39 is 0 Å². The monoisotopic (exact) mass is 249 g/mol. The first kappa shape index (κ1) is 13.6. The quantitative estimate of drug-likeness (QED) is 0.810. The average molecular weight is 249 g/mol. The van der Waals surface area contributed by atoms with E-state index in [2.05, 4.69) is 28.8 Å². The van der Waals surface area contributed by atoms with Crippen molar-refractivity contribution in [2.45, 2.75) is 57.9 Å². The second-order valence-electron chi connectivity index (χ2n) is 5.61. The summed E-state index contributed by atoms with van der Waals surface area (Å²) >= 11 is 0. The van der Waals surface area contributed by atoms with Crippen molar-refractivity contribution in [1.29, 1.82) is 0 Å². The Bertz CT molecular complexity index is 337. The van der Waals surface area contributed by atoms with Crippen molar-refractivity contribution >= 4 is 0 Å². The second kappa shape index (κ2) is 6.93.